The first-order valence-electron chi connectivity index (χ1n) is 13.8. The normalized spacial score (nSPS) is 23.5. The van der Waals surface area contributed by atoms with Crippen molar-refractivity contribution in [3.63, 3.8) is 0 Å². The third-order valence-corrected chi connectivity index (χ3v) is 8.04. The van der Waals surface area contributed by atoms with Crippen molar-refractivity contribution >= 4 is 10.9 Å². The lowest BCUT2D eigenvalue weighted by Crippen LogP contribution is -2.63. The number of hydrogen-bond donors (Lipinski definition) is 0. The largest absolute Gasteiger partial charge is 0.497 e. The molecule has 0 amide bonds. The summed E-state index contributed by atoms with van der Waals surface area (Å²) in [6, 6.07) is 14.0. The molecule has 39 heavy (non-hydrogen) atoms. The van der Waals surface area contributed by atoms with Gasteiger partial charge in [-0.05, 0) is 55.7 Å². The Hall–Kier alpha value is -3.11. The molecule has 0 aliphatic carbocycles. The van der Waals surface area contributed by atoms with Crippen LogP contribution in [0.2, 0.25) is 0 Å². The first kappa shape index (κ1) is 26.1. The summed E-state index contributed by atoms with van der Waals surface area (Å²) in [5.74, 6) is 2.41. The van der Waals surface area contributed by atoms with E-state index >= 15 is 0 Å². The van der Waals surface area contributed by atoms with Gasteiger partial charge in [0.2, 0.25) is 0 Å². The molecule has 0 spiro atoms. The maximum atomic E-state index is 13.0. The summed E-state index contributed by atoms with van der Waals surface area (Å²) in [7, 11) is 1.65. The summed E-state index contributed by atoms with van der Waals surface area (Å²) in [4.78, 5) is 17.9. The second-order valence-electron chi connectivity index (χ2n) is 10.5. The second-order valence-corrected chi connectivity index (χ2v) is 10.5. The van der Waals surface area contributed by atoms with Crippen LogP contribution in [0.1, 0.15) is 18.1 Å². The average molecular weight is 536 g/mol. The Labute approximate surface area is 228 Å². The highest BCUT2D eigenvalue weighted by molar-refractivity contribution is 5.83. The van der Waals surface area contributed by atoms with Crippen molar-refractivity contribution in [1.29, 1.82) is 0 Å². The Bertz CT molecular complexity index is 1390. The Balaban J connectivity index is 1.14. The average Bonchev–Trinajstić information content (AvgIpc) is 2.94. The monoisotopic (exact) mass is 535 g/mol. The lowest BCUT2D eigenvalue weighted by atomic mass is 10.1. The quantitative estimate of drug-likeness (QED) is 0.436. The number of hydrogen-bond acceptors (Lipinski definition) is 8. The fourth-order valence-corrected chi connectivity index (χ4v) is 5.86. The summed E-state index contributed by atoms with van der Waals surface area (Å²) in [6.45, 7) is 10.0. The van der Waals surface area contributed by atoms with Crippen LogP contribution in [0.3, 0.4) is 0 Å². The molecular formula is C30H37N3O6. The van der Waals surface area contributed by atoms with E-state index in [2.05, 4.69) is 21.9 Å². The number of aryl methyl sites for hydroxylation is 1. The number of fused-ring (bicyclic) bond motifs is 2. The van der Waals surface area contributed by atoms with E-state index in [1.807, 2.05) is 42.7 Å². The molecule has 9 heteroatoms. The molecule has 208 valence electrons. The van der Waals surface area contributed by atoms with Crippen LogP contribution in [0, 0.1) is 6.92 Å². The van der Waals surface area contributed by atoms with E-state index in [0.29, 0.717) is 19.8 Å². The summed E-state index contributed by atoms with van der Waals surface area (Å²) in [5.41, 5.74) is 3.12. The van der Waals surface area contributed by atoms with Crippen LogP contribution in [0.25, 0.3) is 10.9 Å². The number of piperazine rings is 1. The molecule has 4 heterocycles. The molecule has 3 aromatic rings. The Morgan fingerprint density at radius 3 is 2.56 bits per heavy atom. The highest BCUT2D eigenvalue weighted by atomic mass is 16.9. The first-order chi connectivity index (χ1) is 19.0. The topological polar surface area (TPSA) is 74.6 Å². The first-order valence-corrected chi connectivity index (χ1v) is 13.8. The van der Waals surface area contributed by atoms with E-state index in [1.54, 1.807) is 13.2 Å². The van der Waals surface area contributed by atoms with Crippen LogP contribution in [-0.2, 0) is 22.4 Å². The standard InChI is InChI=1S/C30H37N3O6/c1-20-16-29(34)33(25-18-23(35-3)5-6-24(20)25)13-12-32-11-10-31(19-26(32)30-38-21(2)39-30)9-8-22-4-7-27-28(17-22)37-15-14-36-27/h4-7,16-18,21,26,30H,8-15,19H2,1-3H3. The Morgan fingerprint density at radius 2 is 1.77 bits per heavy atom. The van der Waals surface area contributed by atoms with Gasteiger partial charge in [-0.1, -0.05) is 6.07 Å². The molecule has 0 bridgehead atoms. The van der Waals surface area contributed by atoms with Gasteiger partial charge in [-0.3, -0.25) is 14.6 Å². The summed E-state index contributed by atoms with van der Waals surface area (Å²) >= 11 is 0. The van der Waals surface area contributed by atoms with E-state index in [1.165, 1.54) is 5.56 Å². The number of nitrogens with zero attached hydrogens (tertiary/aromatic N) is 3. The highest BCUT2D eigenvalue weighted by Crippen LogP contribution is 2.31. The van der Waals surface area contributed by atoms with Crippen molar-refractivity contribution in [3.05, 3.63) is 63.9 Å². The second kappa shape index (κ2) is 11.2. The predicted molar refractivity (Wildman–Crippen MR) is 148 cm³/mol. The molecule has 1 unspecified atom stereocenters. The number of ether oxygens (including phenoxy) is 5. The fourth-order valence-electron chi connectivity index (χ4n) is 5.86. The maximum absolute atomic E-state index is 13.0. The van der Waals surface area contributed by atoms with Gasteiger partial charge in [-0.2, -0.15) is 0 Å². The number of rotatable bonds is 8. The van der Waals surface area contributed by atoms with Gasteiger partial charge in [-0.15, -0.1) is 0 Å². The molecule has 2 fully saturated rings. The molecule has 6 rings (SSSR count). The lowest BCUT2D eigenvalue weighted by molar-refractivity contribution is -0.393. The molecule has 2 aromatic carbocycles. The van der Waals surface area contributed by atoms with E-state index in [-0.39, 0.29) is 24.2 Å². The van der Waals surface area contributed by atoms with Gasteiger partial charge in [0.25, 0.3) is 5.56 Å². The molecule has 1 atom stereocenters. The minimum absolute atomic E-state index is 0.00707. The SMILES string of the molecule is COc1ccc2c(C)cc(=O)n(CCN3CCN(CCc4ccc5c(c4)OCCO5)CC3C3OC(C)O3)c2c1. The molecule has 0 N–H and O–H groups in total. The molecule has 3 aliphatic heterocycles. The van der Waals surface area contributed by atoms with Crippen molar-refractivity contribution < 1.29 is 23.7 Å². The lowest BCUT2D eigenvalue weighted by Gasteiger charge is -2.48. The summed E-state index contributed by atoms with van der Waals surface area (Å²) < 4.78 is 30.7. The number of benzene rings is 2. The summed E-state index contributed by atoms with van der Waals surface area (Å²) in [5, 5.41) is 1.07. The van der Waals surface area contributed by atoms with Crippen LogP contribution in [0.5, 0.6) is 17.2 Å². The van der Waals surface area contributed by atoms with Crippen molar-refractivity contribution in [2.75, 3.05) is 53.0 Å². The van der Waals surface area contributed by atoms with Crippen LogP contribution < -0.4 is 19.8 Å². The predicted octanol–water partition coefficient (Wildman–Crippen LogP) is 3.04. The molecular weight excluding hydrogens is 498 g/mol. The smallest absolute Gasteiger partial charge is 0.251 e. The number of aromatic nitrogens is 1. The van der Waals surface area contributed by atoms with Gasteiger partial charge in [-0.25, -0.2) is 0 Å². The van der Waals surface area contributed by atoms with Crippen molar-refractivity contribution in [3.8, 4) is 17.2 Å². The van der Waals surface area contributed by atoms with Crippen LogP contribution in [-0.4, -0.2) is 86.0 Å². The van der Waals surface area contributed by atoms with Crippen LogP contribution in [0.4, 0.5) is 0 Å². The molecule has 3 aliphatic rings. The van der Waals surface area contributed by atoms with Gasteiger partial charge in [0.15, 0.2) is 24.1 Å². The highest BCUT2D eigenvalue weighted by Gasteiger charge is 2.40. The number of methoxy groups -OCH3 is 1. The third kappa shape index (κ3) is 5.49. The van der Waals surface area contributed by atoms with Gasteiger partial charge in [0, 0.05) is 56.8 Å². The van der Waals surface area contributed by atoms with E-state index in [4.69, 9.17) is 23.7 Å². The molecule has 9 nitrogen and oxygen atoms in total. The van der Waals surface area contributed by atoms with Gasteiger partial charge < -0.3 is 28.3 Å². The Kier molecular flexibility index (Phi) is 7.49. The minimum atomic E-state index is -0.260. The zero-order valence-corrected chi connectivity index (χ0v) is 22.9. The van der Waals surface area contributed by atoms with Gasteiger partial charge in [0.05, 0.1) is 18.7 Å². The van der Waals surface area contributed by atoms with Crippen molar-refractivity contribution in [2.45, 2.75) is 45.4 Å². The molecule has 0 saturated carbocycles. The van der Waals surface area contributed by atoms with Crippen LogP contribution >= 0.6 is 0 Å². The Morgan fingerprint density at radius 1 is 0.949 bits per heavy atom. The molecule has 1 aromatic heterocycles. The van der Waals surface area contributed by atoms with Gasteiger partial charge >= 0.3 is 0 Å². The summed E-state index contributed by atoms with van der Waals surface area (Å²) in [6.07, 6.45) is 0.489. The fraction of sp³-hybridized carbons (Fsp3) is 0.500. The maximum Gasteiger partial charge on any atom is 0.251 e. The third-order valence-electron chi connectivity index (χ3n) is 8.04. The molecule has 0 radical (unpaired) electrons. The van der Waals surface area contributed by atoms with E-state index in [0.717, 1.165) is 72.9 Å². The number of pyridine rings is 1. The van der Waals surface area contributed by atoms with E-state index in [9.17, 15) is 4.79 Å². The van der Waals surface area contributed by atoms with Gasteiger partial charge in [0.1, 0.15) is 19.0 Å². The molecule has 2 saturated heterocycles. The van der Waals surface area contributed by atoms with Crippen molar-refractivity contribution in [1.82, 2.24) is 14.4 Å². The van der Waals surface area contributed by atoms with Crippen LogP contribution in [0.15, 0.2) is 47.3 Å². The minimum Gasteiger partial charge on any atom is -0.497 e. The van der Waals surface area contributed by atoms with E-state index < -0.39 is 0 Å². The zero-order valence-electron chi connectivity index (χ0n) is 22.9. The zero-order chi connectivity index (χ0) is 26.9. The van der Waals surface area contributed by atoms with Crippen molar-refractivity contribution in [2.24, 2.45) is 0 Å².